The highest BCUT2D eigenvalue weighted by molar-refractivity contribution is 6.30. The molecule has 0 aliphatic heterocycles. The lowest BCUT2D eigenvalue weighted by Gasteiger charge is -2.05. The van der Waals surface area contributed by atoms with E-state index in [9.17, 15) is 4.79 Å². The van der Waals surface area contributed by atoms with E-state index in [0.29, 0.717) is 16.3 Å². The van der Waals surface area contributed by atoms with Crippen molar-refractivity contribution in [3.05, 3.63) is 70.3 Å². The van der Waals surface area contributed by atoms with Crippen LogP contribution in [-0.2, 0) is 16.1 Å². The molecule has 0 heterocycles. The molecule has 0 aromatic heterocycles. The monoisotopic (exact) mass is 327 g/mol. The Kier molecular flexibility index (Phi) is 5.79. The highest BCUT2D eigenvalue weighted by atomic mass is 35.5. The van der Waals surface area contributed by atoms with Gasteiger partial charge in [-0.25, -0.2) is 4.79 Å². The number of halogens is 1. The van der Waals surface area contributed by atoms with E-state index in [1.165, 1.54) is 6.08 Å². The van der Waals surface area contributed by atoms with Crippen molar-refractivity contribution in [3.8, 4) is 11.8 Å². The quantitative estimate of drug-likeness (QED) is 0.473. The van der Waals surface area contributed by atoms with Crippen LogP contribution in [0.25, 0.3) is 6.08 Å². The second-order valence-electron chi connectivity index (χ2n) is 4.65. The summed E-state index contributed by atoms with van der Waals surface area (Å²) in [5, 5.41) is 9.70. The lowest BCUT2D eigenvalue weighted by Crippen LogP contribution is -2.06. The zero-order valence-corrected chi connectivity index (χ0v) is 13.2. The van der Waals surface area contributed by atoms with Crippen LogP contribution in [0.15, 0.2) is 54.1 Å². The van der Waals surface area contributed by atoms with Crippen molar-refractivity contribution in [3.63, 3.8) is 0 Å². The first-order valence-corrected chi connectivity index (χ1v) is 7.17. The normalized spacial score (nSPS) is 10.7. The zero-order chi connectivity index (χ0) is 16.7. The molecule has 0 atom stereocenters. The van der Waals surface area contributed by atoms with Crippen LogP contribution in [-0.4, -0.2) is 13.1 Å². The van der Waals surface area contributed by atoms with Gasteiger partial charge in [-0.1, -0.05) is 35.9 Å². The van der Waals surface area contributed by atoms with E-state index in [4.69, 9.17) is 26.3 Å². The Labute approximate surface area is 139 Å². The molecule has 116 valence electrons. The zero-order valence-electron chi connectivity index (χ0n) is 12.5. The molecule has 0 saturated carbocycles. The molecule has 5 heteroatoms. The molecule has 0 aliphatic rings. The second kappa shape index (κ2) is 8.02. The molecule has 2 aromatic rings. The minimum Gasteiger partial charge on any atom is -0.497 e. The topological polar surface area (TPSA) is 59.3 Å². The van der Waals surface area contributed by atoms with E-state index in [2.05, 4.69) is 0 Å². The Morgan fingerprint density at radius 3 is 2.61 bits per heavy atom. The van der Waals surface area contributed by atoms with Gasteiger partial charge in [0.1, 0.15) is 24.0 Å². The molecule has 4 nitrogen and oxygen atoms in total. The predicted octanol–water partition coefficient (Wildman–Crippen LogP) is 4.00. The van der Waals surface area contributed by atoms with Crippen LogP contribution in [0.1, 0.15) is 11.1 Å². The fourth-order valence-corrected chi connectivity index (χ4v) is 2.07. The number of carbonyl (C=O) groups excluding carboxylic acids is 1. The molecule has 0 radical (unpaired) electrons. The first kappa shape index (κ1) is 16.6. The van der Waals surface area contributed by atoms with Gasteiger partial charge in [-0.05, 0) is 41.5 Å². The van der Waals surface area contributed by atoms with Gasteiger partial charge < -0.3 is 9.47 Å². The van der Waals surface area contributed by atoms with Crippen LogP contribution < -0.4 is 4.74 Å². The van der Waals surface area contributed by atoms with Crippen molar-refractivity contribution in [1.82, 2.24) is 0 Å². The smallest absolute Gasteiger partial charge is 0.349 e. The third-order valence-corrected chi connectivity index (χ3v) is 3.26. The average molecular weight is 328 g/mol. The molecule has 0 amide bonds. The second-order valence-corrected chi connectivity index (χ2v) is 5.09. The molecule has 0 bridgehead atoms. The van der Waals surface area contributed by atoms with Gasteiger partial charge >= 0.3 is 5.97 Å². The SMILES string of the molecule is COc1ccc(/C=C(\C#N)C(=O)OCc2cccc(Cl)c2)cc1. The summed E-state index contributed by atoms with van der Waals surface area (Å²) in [5.74, 6) is 0.0208. The summed E-state index contributed by atoms with van der Waals surface area (Å²) in [4.78, 5) is 12.0. The maximum Gasteiger partial charge on any atom is 0.349 e. The Balaban J connectivity index is 2.05. The fraction of sp³-hybridized carbons (Fsp3) is 0.111. The number of ether oxygens (including phenoxy) is 2. The van der Waals surface area contributed by atoms with Gasteiger partial charge in [-0.15, -0.1) is 0 Å². The van der Waals surface area contributed by atoms with Crippen LogP contribution in [0.5, 0.6) is 5.75 Å². The predicted molar refractivity (Wildman–Crippen MR) is 87.8 cm³/mol. The summed E-state index contributed by atoms with van der Waals surface area (Å²) in [6.45, 7) is 0.0566. The van der Waals surface area contributed by atoms with Gasteiger partial charge in [0.15, 0.2) is 0 Å². The van der Waals surface area contributed by atoms with E-state index >= 15 is 0 Å². The molecule has 2 rings (SSSR count). The van der Waals surface area contributed by atoms with Crippen molar-refractivity contribution in [2.75, 3.05) is 7.11 Å². The molecule has 0 N–H and O–H groups in total. The van der Waals surface area contributed by atoms with Crippen LogP contribution in [0.4, 0.5) is 0 Å². The summed E-state index contributed by atoms with van der Waals surface area (Å²) >= 11 is 5.87. The van der Waals surface area contributed by atoms with Crippen LogP contribution in [0.3, 0.4) is 0 Å². The molecular weight excluding hydrogens is 314 g/mol. The summed E-state index contributed by atoms with van der Waals surface area (Å²) in [7, 11) is 1.57. The molecule has 0 fully saturated rings. The number of hydrogen-bond acceptors (Lipinski definition) is 4. The maximum absolute atomic E-state index is 12.0. The maximum atomic E-state index is 12.0. The molecule has 23 heavy (non-hydrogen) atoms. The van der Waals surface area contributed by atoms with Gasteiger partial charge in [0.2, 0.25) is 0 Å². The summed E-state index contributed by atoms with van der Waals surface area (Å²) in [5.41, 5.74) is 1.40. The van der Waals surface area contributed by atoms with Gasteiger partial charge in [0.05, 0.1) is 7.11 Å². The summed E-state index contributed by atoms with van der Waals surface area (Å²) in [6, 6.07) is 15.8. The first-order valence-electron chi connectivity index (χ1n) is 6.80. The van der Waals surface area contributed by atoms with E-state index in [1.54, 1.807) is 55.6 Å². The van der Waals surface area contributed by atoms with Crippen molar-refractivity contribution in [1.29, 1.82) is 5.26 Å². The van der Waals surface area contributed by atoms with Crippen molar-refractivity contribution in [2.45, 2.75) is 6.61 Å². The fourth-order valence-electron chi connectivity index (χ4n) is 1.86. The van der Waals surface area contributed by atoms with E-state index in [1.807, 2.05) is 6.07 Å². The van der Waals surface area contributed by atoms with Crippen LogP contribution >= 0.6 is 11.6 Å². The molecule has 0 spiro atoms. The number of benzene rings is 2. The number of nitriles is 1. The molecular formula is C18H14ClNO3. The minimum atomic E-state index is -0.678. The van der Waals surface area contributed by atoms with Gasteiger partial charge in [0.25, 0.3) is 0 Å². The Morgan fingerprint density at radius 1 is 1.26 bits per heavy atom. The van der Waals surface area contributed by atoms with Gasteiger partial charge in [0, 0.05) is 5.02 Å². The third kappa shape index (κ3) is 4.87. The van der Waals surface area contributed by atoms with Crippen LogP contribution in [0.2, 0.25) is 5.02 Å². The lowest BCUT2D eigenvalue weighted by atomic mass is 10.1. The standard InChI is InChI=1S/C18H14ClNO3/c1-22-17-7-5-13(6-8-17)9-15(11-20)18(21)23-12-14-3-2-4-16(19)10-14/h2-10H,12H2,1H3/b15-9+. The number of esters is 1. The van der Waals surface area contributed by atoms with Crippen molar-refractivity contribution in [2.24, 2.45) is 0 Å². The Hall–Kier alpha value is -2.77. The lowest BCUT2D eigenvalue weighted by molar-refractivity contribution is -0.139. The number of rotatable bonds is 5. The van der Waals surface area contributed by atoms with E-state index in [0.717, 1.165) is 5.56 Å². The molecule has 0 unspecified atom stereocenters. The molecule has 0 aliphatic carbocycles. The highest BCUT2D eigenvalue weighted by Gasteiger charge is 2.11. The number of nitrogens with zero attached hydrogens (tertiary/aromatic N) is 1. The van der Waals surface area contributed by atoms with Crippen molar-refractivity contribution >= 4 is 23.6 Å². The summed E-state index contributed by atoms with van der Waals surface area (Å²) < 4.78 is 10.2. The number of hydrogen-bond donors (Lipinski definition) is 0. The van der Waals surface area contributed by atoms with Crippen molar-refractivity contribution < 1.29 is 14.3 Å². The highest BCUT2D eigenvalue weighted by Crippen LogP contribution is 2.15. The number of methoxy groups -OCH3 is 1. The summed E-state index contributed by atoms with van der Waals surface area (Å²) in [6.07, 6.45) is 1.47. The largest absolute Gasteiger partial charge is 0.497 e. The molecule has 0 saturated heterocycles. The van der Waals surface area contributed by atoms with Gasteiger partial charge in [-0.3, -0.25) is 0 Å². The average Bonchev–Trinajstić information content (AvgIpc) is 2.58. The Morgan fingerprint density at radius 2 is 2.00 bits per heavy atom. The van der Waals surface area contributed by atoms with E-state index in [-0.39, 0.29) is 12.2 Å². The van der Waals surface area contributed by atoms with Gasteiger partial charge in [-0.2, -0.15) is 5.26 Å². The number of carbonyl (C=O) groups is 1. The first-order chi connectivity index (χ1) is 11.1. The van der Waals surface area contributed by atoms with Crippen LogP contribution in [0, 0.1) is 11.3 Å². The molecule has 2 aromatic carbocycles. The van der Waals surface area contributed by atoms with E-state index < -0.39 is 5.97 Å². The Bertz CT molecular complexity index is 761. The third-order valence-electron chi connectivity index (χ3n) is 3.03. The minimum absolute atomic E-state index is 0.0566.